The largest absolute Gasteiger partial charge is 0.456 e. The van der Waals surface area contributed by atoms with Gasteiger partial charge in [0.05, 0.1) is 10.8 Å². The average molecular weight is 740 g/mol. The molecule has 0 N–H and O–H groups in total. The molecule has 0 bridgehead atoms. The molecule has 0 amide bonds. The molecule has 2 unspecified atom stereocenters. The molecule has 58 heavy (non-hydrogen) atoms. The molecule has 2 atom stereocenters. The smallest absolute Gasteiger partial charge is 0.137 e. The number of rotatable bonds is 6. The van der Waals surface area contributed by atoms with Gasteiger partial charge in [0.25, 0.3) is 0 Å². The average Bonchev–Trinajstić information content (AvgIpc) is 3.83. The van der Waals surface area contributed by atoms with E-state index in [9.17, 15) is 0 Å². The van der Waals surface area contributed by atoms with Gasteiger partial charge >= 0.3 is 0 Å². The lowest BCUT2D eigenvalue weighted by molar-refractivity contribution is 0.626. The summed E-state index contributed by atoms with van der Waals surface area (Å²) in [5.41, 5.74) is 16.9. The minimum atomic E-state index is -0.604. The SMILES string of the molecule is c1ccc(N(c2ccc(C3(c4ccccc4)c4ccccc4C4(c5ccccc5)c5ccccc5-c5cccc3c54)cc2)c2ccc3c(c2)oc2ccccc23)cc1. The molecule has 2 nitrogen and oxygen atoms in total. The predicted molar refractivity (Wildman–Crippen MR) is 238 cm³/mol. The van der Waals surface area contributed by atoms with Gasteiger partial charge in [0.15, 0.2) is 0 Å². The van der Waals surface area contributed by atoms with E-state index < -0.39 is 10.8 Å². The molecule has 0 fully saturated rings. The highest BCUT2D eigenvalue weighted by atomic mass is 16.3. The van der Waals surface area contributed by atoms with Crippen molar-refractivity contribution >= 4 is 39.0 Å². The van der Waals surface area contributed by atoms with Crippen molar-refractivity contribution in [3.8, 4) is 11.1 Å². The van der Waals surface area contributed by atoms with Crippen molar-refractivity contribution in [1.82, 2.24) is 0 Å². The van der Waals surface area contributed by atoms with Gasteiger partial charge in [-0.3, -0.25) is 0 Å². The topological polar surface area (TPSA) is 16.4 Å². The Kier molecular flexibility index (Phi) is 7.09. The molecule has 2 aliphatic rings. The highest BCUT2D eigenvalue weighted by Crippen LogP contribution is 2.65. The third-order valence-electron chi connectivity index (χ3n) is 12.8. The number of anilines is 3. The summed E-state index contributed by atoms with van der Waals surface area (Å²) < 4.78 is 6.40. The summed E-state index contributed by atoms with van der Waals surface area (Å²) in [6.07, 6.45) is 0. The molecule has 1 aromatic heterocycles. The van der Waals surface area contributed by atoms with E-state index in [1.807, 2.05) is 12.1 Å². The van der Waals surface area contributed by atoms with E-state index in [1.54, 1.807) is 0 Å². The molecule has 10 aromatic rings. The van der Waals surface area contributed by atoms with Crippen LogP contribution in [0.15, 0.2) is 229 Å². The summed E-state index contributed by atoms with van der Waals surface area (Å²) in [6.45, 7) is 0. The lowest BCUT2D eigenvalue weighted by Crippen LogP contribution is -2.44. The first kappa shape index (κ1) is 32.8. The van der Waals surface area contributed by atoms with Crippen molar-refractivity contribution in [3.63, 3.8) is 0 Å². The van der Waals surface area contributed by atoms with Gasteiger partial charge in [-0.05, 0) is 98.1 Å². The van der Waals surface area contributed by atoms with Crippen LogP contribution < -0.4 is 4.90 Å². The van der Waals surface area contributed by atoms with Crippen molar-refractivity contribution in [1.29, 1.82) is 0 Å². The monoisotopic (exact) mass is 739 g/mol. The molecule has 0 spiro atoms. The van der Waals surface area contributed by atoms with Crippen LogP contribution in [0.4, 0.5) is 17.1 Å². The molecular weight excluding hydrogens is 703 g/mol. The Hall–Kier alpha value is -7.42. The normalized spacial score (nSPS) is 17.4. The van der Waals surface area contributed by atoms with Gasteiger partial charge in [-0.25, -0.2) is 0 Å². The summed E-state index contributed by atoms with van der Waals surface area (Å²) in [6, 6.07) is 82.4. The third kappa shape index (κ3) is 4.37. The molecule has 2 aliphatic carbocycles. The van der Waals surface area contributed by atoms with E-state index >= 15 is 0 Å². The number of para-hydroxylation sites is 2. The zero-order valence-electron chi connectivity index (χ0n) is 31.7. The summed E-state index contributed by atoms with van der Waals surface area (Å²) >= 11 is 0. The second-order valence-electron chi connectivity index (χ2n) is 15.5. The van der Waals surface area contributed by atoms with E-state index in [0.717, 1.165) is 39.0 Å². The van der Waals surface area contributed by atoms with E-state index in [4.69, 9.17) is 4.42 Å². The van der Waals surface area contributed by atoms with Gasteiger partial charge in [-0.2, -0.15) is 0 Å². The summed E-state index contributed by atoms with van der Waals surface area (Å²) in [7, 11) is 0. The number of nitrogens with zero attached hydrogens (tertiary/aromatic N) is 1. The molecule has 0 aliphatic heterocycles. The molecule has 0 saturated carbocycles. The molecule has 12 rings (SSSR count). The minimum absolute atomic E-state index is 0.474. The molecule has 0 saturated heterocycles. The molecule has 0 radical (unpaired) electrons. The van der Waals surface area contributed by atoms with Crippen molar-refractivity contribution in [2.45, 2.75) is 10.8 Å². The van der Waals surface area contributed by atoms with Crippen molar-refractivity contribution in [2.24, 2.45) is 0 Å². The summed E-state index contributed by atoms with van der Waals surface area (Å²) in [5.74, 6) is 0. The van der Waals surface area contributed by atoms with Crippen LogP contribution in [-0.2, 0) is 10.8 Å². The van der Waals surface area contributed by atoms with Gasteiger partial charge in [0.1, 0.15) is 11.2 Å². The van der Waals surface area contributed by atoms with Gasteiger partial charge in [-0.1, -0.05) is 176 Å². The van der Waals surface area contributed by atoms with E-state index in [-0.39, 0.29) is 0 Å². The standard InChI is InChI=1S/C56H37NO/c1-4-17-38(18-5-1)55(40-31-33-42(34-32-40)57(41-21-8-3-9-22-41)43-35-36-46-45-24-11-15-30-52(45)58-53(46)37-43)49-27-13-14-28-50(49)56(39-19-6-2-7-20-39)48-26-12-10-23-44(48)47-25-16-29-51(55)54(47)56/h1-37H. The number of furan rings is 1. The first-order valence-corrected chi connectivity index (χ1v) is 20.1. The maximum Gasteiger partial charge on any atom is 0.137 e. The molecule has 1 heterocycles. The van der Waals surface area contributed by atoms with Gasteiger partial charge in [-0.15, -0.1) is 0 Å². The van der Waals surface area contributed by atoms with E-state index in [1.165, 1.54) is 55.6 Å². The van der Waals surface area contributed by atoms with Crippen LogP contribution >= 0.6 is 0 Å². The first-order chi connectivity index (χ1) is 28.8. The summed E-state index contributed by atoms with van der Waals surface area (Å²) in [4.78, 5) is 2.33. The zero-order valence-corrected chi connectivity index (χ0v) is 31.7. The summed E-state index contributed by atoms with van der Waals surface area (Å²) in [5, 5.41) is 2.25. The lowest BCUT2D eigenvalue weighted by Gasteiger charge is -2.49. The number of benzene rings is 9. The Bertz CT molecular complexity index is 3170. The Morgan fingerprint density at radius 1 is 0.310 bits per heavy atom. The number of hydrogen-bond acceptors (Lipinski definition) is 2. The number of fused-ring (bicyclic) bond motifs is 8. The van der Waals surface area contributed by atoms with Crippen molar-refractivity contribution in [3.05, 3.63) is 269 Å². The van der Waals surface area contributed by atoms with Crippen LogP contribution in [0, 0.1) is 0 Å². The minimum Gasteiger partial charge on any atom is -0.456 e. The Balaban J connectivity index is 1.12. The lowest BCUT2D eigenvalue weighted by atomic mass is 9.52. The van der Waals surface area contributed by atoms with Crippen molar-refractivity contribution in [2.75, 3.05) is 4.90 Å². The third-order valence-corrected chi connectivity index (χ3v) is 12.8. The highest BCUT2D eigenvalue weighted by Gasteiger charge is 2.57. The van der Waals surface area contributed by atoms with Crippen molar-refractivity contribution < 1.29 is 4.42 Å². The van der Waals surface area contributed by atoms with Crippen LogP contribution in [0.2, 0.25) is 0 Å². The first-order valence-electron chi connectivity index (χ1n) is 20.1. The Morgan fingerprint density at radius 2 is 0.810 bits per heavy atom. The van der Waals surface area contributed by atoms with E-state index in [0.29, 0.717) is 0 Å². The number of hydrogen-bond donors (Lipinski definition) is 0. The molecule has 9 aromatic carbocycles. The Labute approximate surface area is 337 Å². The van der Waals surface area contributed by atoms with Gasteiger partial charge < -0.3 is 9.32 Å². The van der Waals surface area contributed by atoms with Crippen LogP contribution in [-0.4, -0.2) is 0 Å². The fourth-order valence-electron chi connectivity index (χ4n) is 10.6. The van der Waals surface area contributed by atoms with Crippen LogP contribution in [0.5, 0.6) is 0 Å². The fraction of sp³-hybridized carbons (Fsp3) is 0.0357. The highest BCUT2D eigenvalue weighted by molar-refractivity contribution is 6.06. The van der Waals surface area contributed by atoms with E-state index in [2.05, 4.69) is 217 Å². The molecular formula is C56H37NO. The predicted octanol–water partition coefficient (Wildman–Crippen LogP) is 14.1. The second-order valence-corrected chi connectivity index (χ2v) is 15.5. The quantitative estimate of drug-likeness (QED) is 0.169. The zero-order chi connectivity index (χ0) is 38.3. The van der Waals surface area contributed by atoms with Gasteiger partial charge in [0.2, 0.25) is 0 Å². The van der Waals surface area contributed by atoms with Crippen LogP contribution in [0.1, 0.15) is 44.5 Å². The van der Waals surface area contributed by atoms with Crippen LogP contribution in [0.25, 0.3) is 33.1 Å². The Morgan fingerprint density at radius 3 is 1.55 bits per heavy atom. The fourth-order valence-corrected chi connectivity index (χ4v) is 10.6. The molecule has 272 valence electrons. The van der Waals surface area contributed by atoms with Gasteiger partial charge in [0, 0.05) is 33.9 Å². The molecule has 2 heteroatoms. The van der Waals surface area contributed by atoms with Crippen LogP contribution in [0.3, 0.4) is 0 Å². The maximum atomic E-state index is 6.40. The maximum absolute atomic E-state index is 6.40. The second kappa shape index (κ2) is 12.5.